The predicted molar refractivity (Wildman–Crippen MR) is 97.0 cm³/mol. The van der Waals surface area contributed by atoms with E-state index in [0.717, 1.165) is 22.0 Å². The normalized spacial score (nSPS) is 10.8. The smallest absolute Gasteiger partial charge is 0.253 e. The van der Waals surface area contributed by atoms with Crippen LogP contribution in [0.25, 0.3) is 21.3 Å². The molecule has 0 aliphatic rings. The van der Waals surface area contributed by atoms with Crippen molar-refractivity contribution in [2.75, 3.05) is 0 Å². The summed E-state index contributed by atoms with van der Waals surface area (Å²) in [6, 6.07) is 13.9. The van der Waals surface area contributed by atoms with Crippen molar-refractivity contribution in [2.45, 2.75) is 6.54 Å². The Morgan fingerprint density at radius 2 is 2.08 bits per heavy atom. The van der Waals surface area contributed by atoms with Gasteiger partial charge < -0.3 is 10.3 Å². The lowest BCUT2D eigenvalue weighted by molar-refractivity contribution is 0.0952. The van der Waals surface area contributed by atoms with Crippen molar-refractivity contribution in [1.29, 1.82) is 0 Å². The van der Waals surface area contributed by atoms with E-state index in [1.165, 1.54) is 4.88 Å². The molecule has 1 aromatic carbocycles. The zero-order valence-corrected chi connectivity index (χ0v) is 13.6. The molecule has 5 heteroatoms. The Morgan fingerprint density at radius 3 is 2.96 bits per heavy atom. The summed E-state index contributed by atoms with van der Waals surface area (Å²) in [5.41, 5.74) is 3.68. The van der Waals surface area contributed by atoms with Crippen molar-refractivity contribution in [3.05, 3.63) is 77.6 Å². The van der Waals surface area contributed by atoms with Crippen molar-refractivity contribution in [1.82, 2.24) is 15.3 Å². The molecule has 0 radical (unpaired) electrons. The molecule has 3 heterocycles. The zero-order valence-electron chi connectivity index (χ0n) is 12.8. The molecule has 4 aromatic rings. The molecule has 1 amide bonds. The lowest BCUT2D eigenvalue weighted by atomic mass is 10.1. The van der Waals surface area contributed by atoms with Gasteiger partial charge in [0.05, 0.1) is 5.56 Å². The molecule has 0 saturated carbocycles. The molecule has 2 N–H and O–H groups in total. The Bertz CT molecular complexity index is 989. The Kier molecular flexibility index (Phi) is 3.84. The van der Waals surface area contributed by atoms with Gasteiger partial charge in [-0.25, -0.2) is 0 Å². The minimum atomic E-state index is -0.0889. The van der Waals surface area contributed by atoms with Crippen molar-refractivity contribution in [3.8, 4) is 10.4 Å². The summed E-state index contributed by atoms with van der Waals surface area (Å²) in [7, 11) is 0. The van der Waals surface area contributed by atoms with Crippen LogP contribution in [0.1, 0.15) is 15.9 Å². The standard InChI is InChI=1S/C19H15N3OS/c23-19(16-12-21-17-5-2-1-4-15(16)17)22-10-13-8-14(11-20-9-13)18-6-3-7-24-18/h1-9,11-12,21H,10H2,(H,22,23). The number of aromatic nitrogens is 2. The van der Waals surface area contributed by atoms with Crippen LogP contribution in [0.15, 0.2) is 66.4 Å². The molecule has 0 fully saturated rings. The summed E-state index contributed by atoms with van der Waals surface area (Å²) in [5.74, 6) is -0.0889. The zero-order chi connectivity index (χ0) is 16.4. The summed E-state index contributed by atoms with van der Waals surface area (Å²) in [5, 5.41) is 5.94. The number of pyridine rings is 1. The second-order valence-corrected chi connectivity index (χ2v) is 6.44. The Morgan fingerprint density at radius 1 is 1.17 bits per heavy atom. The summed E-state index contributed by atoms with van der Waals surface area (Å²) in [6.45, 7) is 0.449. The van der Waals surface area contributed by atoms with Gasteiger partial charge >= 0.3 is 0 Å². The summed E-state index contributed by atoms with van der Waals surface area (Å²) in [4.78, 5) is 21.0. The number of benzene rings is 1. The first kappa shape index (κ1) is 14.7. The van der Waals surface area contributed by atoms with Gasteiger partial charge in [0.2, 0.25) is 0 Å². The molecular formula is C19H15N3OS. The number of nitrogens with zero attached hydrogens (tertiary/aromatic N) is 1. The maximum Gasteiger partial charge on any atom is 0.253 e. The lowest BCUT2D eigenvalue weighted by Gasteiger charge is -2.06. The maximum absolute atomic E-state index is 12.5. The van der Waals surface area contributed by atoms with Crippen LogP contribution in [0.5, 0.6) is 0 Å². The second kappa shape index (κ2) is 6.29. The molecule has 0 saturated heterocycles. The highest BCUT2D eigenvalue weighted by Crippen LogP contribution is 2.24. The van der Waals surface area contributed by atoms with E-state index in [2.05, 4.69) is 27.4 Å². The molecule has 24 heavy (non-hydrogen) atoms. The average molecular weight is 333 g/mol. The van der Waals surface area contributed by atoms with Gasteiger partial charge in [-0.2, -0.15) is 0 Å². The number of H-pyrrole nitrogens is 1. The quantitative estimate of drug-likeness (QED) is 0.587. The van der Waals surface area contributed by atoms with E-state index in [0.29, 0.717) is 12.1 Å². The van der Waals surface area contributed by atoms with E-state index in [1.807, 2.05) is 41.9 Å². The van der Waals surface area contributed by atoms with Gasteiger partial charge in [-0.05, 0) is 29.1 Å². The Balaban J connectivity index is 1.51. The molecule has 0 aliphatic heterocycles. The number of fused-ring (bicyclic) bond motifs is 1. The van der Waals surface area contributed by atoms with Crippen LogP contribution in [0, 0.1) is 0 Å². The Hall–Kier alpha value is -2.92. The minimum Gasteiger partial charge on any atom is -0.360 e. The molecule has 118 valence electrons. The second-order valence-electron chi connectivity index (χ2n) is 5.49. The van der Waals surface area contributed by atoms with Crippen molar-refractivity contribution in [3.63, 3.8) is 0 Å². The van der Waals surface area contributed by atoms with Crippen molar-refractivity contribution in [2.24, 2.45) is 0 Å². The molecule has 0 bridgehead atoms. The van der Waals surface area contributed by atoms with Gasteiger partial charge in [0, 0.05) is 46.5 Å². The minimum absolute atomic E-state index is 0.0889. The predicted octanol–water partition coefficient (Wildman–Crippen LogP) is 4.22. The Labute approximate surface area is 143 Å². The van der Waals surface area contributed by atoms with Gasteiger partial charge in [-0.1, -0.05) is 24.3 Å². The van der Waals surface area contributed by atoms with E-state index in [-0.39, 0.29) is 5.91 Å². The van der Waals surface area contributed by atoms with Crippen molar-refractivity contribution < 1.29 is 4.79 Å². The van der Waals surface area contributed by atoms with Gasteiger partial charge in [0.1, 0.15) is 0 Å². The number of para-hydroxylation sites is 1. The topological polar surface area (TPSA) is 57.8 Å². The van der Waals surface area contributed by atoms with Gasteiger partial charge in [-0.15, -0.1) is 11.3 Å². The molecule has 0 aliphatic carbocycles. The van der Waals surface area contributed by atoms with Gasteiger partial charge in [0.15, 0.2) is 0 Å². The highest BCUT2D eigenvalue weighted by Gasteiger charge is 2.11. The number of hydrogen-bond donors (Lipinski definition) is 2. The number of carbonyl (C=O) groups excluding carboxylic acids is 1. The van der Waals surface area contributed by atoms with E-state index < -0.39 is 0 Å². The third kappa shape index (κ3) is 2.81. The van der Waals surface area contributed by atoms with Crippen LogP contribution in [-0.2, 0) is 6.54 Å². The first-order chi connectivity index (χ1) is 11.8. The molecule has 0 atom stereocenters. The van der Waals surface area contributed by atoms with E-state index in [9.17, 15) is 4.79 Å². The maximum atomic E-state index is 12.5. The number of hydrogen-bond acceptors (Lipinski definition) is 3. The van der Waals surface area contributed by atoms with Crippen LogP contribution in [0.3, 0.4) is 0 Å². The van der Waals surface area contributed by atoms with Crippen LogP contribution in [0.2, 0.25) is 0 Å². The van der Waals surface area contributed by atoms with Crippen molar-refractivity contribution >= 4 is 28.1 Å². The van der Waals surface area contributed by atoms with E-state index in [4.69, 9.17) is 0 Å². The molecule has 0 spiro atoms. The number of nitrogens with one attached hydrogen (secondary N) is 2. The third-order valence-corrected chi connectivity index (χ3v) is 4.81. The van der Waals surface area contributed by atoms with Crippen LogP contribution in [0.4, 0.5) is 0 Å². The fourth-order valence-electron chi connectivity index (χ4n) is 2.70. The highest BCUT2D eigenvalue weighted by molar-refractivity contribution is 7.13. The van der Waals surface area contributed by atoms with Gasteiger partial charge in [0.25, 0.3) is 5.91 Å². The molecule has 4 rings (SSSR count). The number of thiophene rings is 1. The van der Waals surface area contributed by atoms with E-state index >= 15 is 0 Å². The largest absolute Gasteiger partial charge is 0.360 e. The van der Waals surface area contributed by atoms with Gasteiger partial charge in [-0.3, -0.25) is 9.78 Å². The molecular weight excluding hydrogens is 318 g/mol. The molecule has 3 aromatic heterocycles. The number of aromatic amines is 1. The number of rotatable bonds is 4. The number of carbonyl (C=O) groups is 1. The summed E-state index contributed by atoms with van der Waals surface area (Å²) in [6.07, 6.45) is 5.38. The third-order valence-electron chi connectivity index (χ3n) is 3.89. The first-order valence-corrected chi connectivity index (χ1v) is 8.51. The summed E-state index contributed by atoms with van der Waals surface area (Å²) >= 11 is 1.68. The fourth-order valence-corrected chi connectivity index (χ4v) is 3.41. The first-order valence-electron chi connectivity index (χ1n) is 7.63. The molecule has 0 unspecified atom stereocenters. The number of amides is 1. The molecule has 4 nitrogen and oxygen atoms in total. The average Bonchev–Trinajstić information content (AvgIpc) is 3.29. The summed E-state index contributed by atoms with van der Waals surface area (Å²) < 4.78 is 0. The van der Waals surface area contributed by atoms with Crippen LogP contribution in [-0.4, -0.2) is 15.9 Å². The lowest BCUT2D eigenvalue weighted by Crippen LogP contribution is -2.22. The van der Waals surface area contributed by atoms with Crippen LogP contribution >= 0.6 is 11.3 Å². The monoisotopic (exact) mass is 333 g/mol. The fraction of sp³-hybridized carbons (Fsp3) is 0.0526. The van der Waals surface area contributed by atoms with Crippen LogP contribution < -0.4 is 5.32 Å². The van der Waals surface area contributed by atoms with E-state index in [1.54, 1.807) is 23.7 Å². The highest BCUT2D eigenvalue weighted by atomic mass is 32.1. The SMILES string of the molecule is O=C(NCc1cncc(-c2cccs2)c1)c1c[nH]c2ccccc12.